The summed E-state index contributed by atoms with van der Waals surface area (Å²) in [5, 5.41) is 28.0. The van der Waals surface area contributed by atoms with Gasteiger partial charge in [-0.3, -0.25) is 0 Å². The Labute approximate surface area is 221 Å². The van der Waals surface area contributed by atoms with Crippen LogP contribution in [0.1, 0.15) is 20.8 Å². The first-order chi connectivity index (χ1) is 7.49. The van der Waals surface area contributed by atoms with Gasteiger partial charge in [0.2, 0.25) is 0 Å². The van der Waals surface area contributed by atoms with Gasteiger partial charge in [-0.1, -0.05) is 13.8 Å². The van der Waals surface area contributed by atoms with E-state index in [4.69, 9.17) is 4.74 Å². The Morgan fingerprint density at radius 3 is 1.79 bits per heavy atom. The van der Waals surface area contributed by atoms with E-state index >= 15 is 0 Å². The fourth-order valence-electron chi connectivity index (χ4n) is 1.36. The van der Waals surface area contributed by atoms with Crippen LogP contribution in [0, 0.1) is 132 Å². The molecule has 0 aliphatic carbocycles. The van der Waals surface area contributed by atoms with E-state index in [1.807, 2.05) is 13.8 Å². The zero-order chi connectivity index (χ0) is 12.9. The van der Waals surface area contributed by atoms with Gasteiger partial charge in [-0.25, -0.2) is 4.79 Å². The Bertz CT molecular complexity index is 231. The molecule has 0 aromatic rings. The molecule has 1 fully saturated rings. The number of carbonyl (C=O) groups is 1. The standard InChI is InChI=1S/C8H14O6.C2H6.3Ac/c1-3-4(9)5(10)6(11)7(14-3)8(12)13-2;1-2;;;/h3-7,9-11H,1-2H3;1-2H3;;;/t3-,4?,5?,6?,7-;;;;/m0..../s1. The minimum atomic E-state index is -1.46. The van der Waals surface area contributed by atoms with Crippen molar-refractivity contribution in [2.24, 2.45) is 0 Å². The van der Waals surface area contributed by atoms with Crippen LogP contribution in [0.5, 0.6) is 0 Å². The zero-order valence-corrected chi connectivity index (χ0v) is 25.9. The van der Waals surface area contributed by atoms with Crippen molar-refractivity contribution in [3.63, 3.8) is 0 Å². The summed E-state index contributed by atoms with van der Waals surface area (Å²) in [7, 11) is 1.15. The maximum atomic E-state index is 11.1. The van der Waals surface area contributed by atoms with Gasteiger partial charge < -0.3 is 24.8 Å². The Morgan fingerprint density at radius 1 is 1.00 bits per heavy atom. The predicted molar refractivity (Wildman–Crippen MR) is 55.7 cm³/mol. The van der Waals surface area contributed by atoms with Gasteiger partial charge in [0.1, 0.15) is 18.3 Å². The number of carbonyl (C=O) groups excluding carboxylic acids is 1. The molecule has 3 N–H and O–H groups in total. The number of aliphatic hydroxyl groups excluding tert-OH is 3. The van der Waals surface area contributed by atoms with Crippen molar-refractivity contribution in [2.75, 3.05) is 7.11 Å². The number of ether oxygens (including phenoxy) is 2. The SMILES string of the molecule is CC.COC(=O)[C@H]1O[C@@H](C)C(O)C(O)C1O.[Ac].[Ac].[Ac]. The third-order valence-corrected chi connectivity index (χ3v) is 2.29. The molecule has 5 atom stereocenters. The van der Waals surface area contributed by atoms with Crippen LogP contribution in [0.15, 0.2) is 0 Å². The van der Waals surface area contributed by atoms with Gasteiger partial charge in [0, 0.05) is 132 Å². The molecule has 1 aliphatic heterocycles. The molecule has 19 heavy (non-hydrogen) atoms. The second-order valence-electron chi connectivity index (χ2n) is 3.26. The maximum absolute atomic E-state index is 11.1. The molecule has 3 unspecified atom stereocenters. The number of hydrogen-bond acceptors (Lipinski definition) is 6. The first kappa shape index (κ1) is 30.5. The normalized spacial score (nSPS) is 32.3. The summed E-state index contributed by atoms with van der Waals surface area (Å²) < 4.78 is 9.37. The average molecular weight is 917 g/mol. The van der Waals surface area contributed by atoms with Crippen LogP contribution in [0.4, 0.5) is 0 Å². The van der Waals surface area contributed by atoms with Crippen LogP contribution >= 0.6 is 0 Å². The van der Waals surface area contributed by atoms with Crippen LogP contribution in [0.25, 0.3) is 0 Å². The second-order valence-corrected chi connectivity index (χ2v) is 3.26. The Balaban J connectivity index is -0.000000214. The number of methoxy groups -OCH3 is 1. The van der Waals surface area contributed by atoms with Crippen molar-refractivity contribution < 1.29 is 162 Å². The quantitative estimate of drug-likeness (QED) is 0.295. The molecule has 6 nitrogen and oxygen atoms in total. The topological polar surface area (TPSA) is 96.2 Å². The van der Waals surface area contributed by atoms with Crippen molar-refractivity contribution >= 4 is 5.97 Å². The third-order valence-electron chi connectivity index (χ3n) is 2.29. The Hall–Kier alpha value is 3.63. The van der Waals surface area contributed by atoms with Crippen LogP contribution < -0.4 is 0 Å². The van der Waals surface area contributed by atoms with Gasteiger partial charge in [0.05, 0.1) is 13.2 Å². The molecule has 0 aromatic heterocycles. The molecule has 0 aromatic carbocycles. The molecule has 1 saturated heterocycles. The first-order valence-electron chi connectivity index (χ1n) is 5.26. The fourth-order valence-corrected chi connectivity index (χ4v) is 1.36. The summed E-state index contributed by atoms with van der Waals surface area (Å²) in [4.78, 5) is 11.1. The summed E-state index contributed by atoms with van der Waals surface area (Å²) in [6, 6.07) is 0. The summed E-state index contributed by atoms with van der Waals surface area (Å²) >= 11 is 0. The summed E-state index contributed by atoms with van der Waals surface area (Å²) in [6.07, 6.45) is -6.03. The average Bonchev–Trinajstić information content (AvgIpc) is 2.32. The Kier molecular flexibility index (Phi) is 26.5. The van der Waals surface area contributed by atoms with Crippen molar-refractivity contribution in [2.45, 2.75) is 51.3 Å². The van der Waals surface area contributed by atoms with Crippen molar-refractivity contribution in [1.29, 1.82) is 0 Å². The molecule has 0 amide bonds. The zero-order valence-electron chi connectivity index (χ0n) is 11.7. The van der Waals surface area contributed by atoms with Gasteiger partial charge in [0.25, 0.3) is 0 Å². The largest absolute Gasteiger partial charge is 0.467 e. The van der Waals surface area contributed by atoms with Crippen LogP contribution in [-0.2, 0) is 14.3 Å². The third kappa shape index (κ3) is 9.50. The Morgan fingerprint density at radius 2 is 1.42 bits per heavy atom. The van der Waals surface area contributed by atoms with E-state index in [1.54, 1.807) is 0 Å². The molecule has 1 aliphatic rings. The monoisotopic (exact) mass is 917 g/mol. The van der Waals surface area contributed by atoms with E-state index in [-0.39, 0.29) is 132 Å². The van der Waals surface area contributed by atoms with E-state index in [2.05, 4.69) is 4.74 Å². The van der Waals surface area contributed by atoms with Gasteiger partial charge >= 0.3 is 5.97 Å². The van der Waals surface area contributed by atoms with E-state index in [0.717, 1.165) is 7.11 Å². The van der Waals surface area contributed by atoms with Gasteiger partial charge in [0.15, 0.2) is 6.10 Å². The summed E-state index contributed by atoms with van der Waals surface area (Å²) in [6.45, 7) is 5.50. The summed E-state index contributed by atoms with van der Waals surface area (Å²) in [5.41, 5.74) is 0. The molecule has 3 radical (unpaired) electrons. The van der Waals surface area contributed by atoms with Crippen LogP contribution in [-0.4, -0.2) is 58.9 Å². The van der Waals surface area contributed by atoms with E-state index < -0.39 is 36.5 Å². The molecule has 105 valence electrons. The van der Waals surface area contributed by atoms with Crippen molar-refractivity contribution in [3.05, 3.63) is 0 Å². The minimum Gasteiger partial charge on any atom is -0.467 e. The molecule has 1 rings (SSSR count). The van der Waals surface area contributed by atoms with Crippen LogP contribution in [0.2, 0.25) is 0 Å². The smallest absolute Gasteiger partial charge is 0.337 e. The van der Waals surface area contributed by atoms with Crippen molar-refractivity contribution in [1.82, 2.24) is 0 Å². The minimum absolute atomic E-state index is 0. The number of hydrogen-bond donors (Lipinski definition) is 3. The maximum Gasteiger partial charge on any atom is 0.337 e. The molecule has 0 saturated carbocycles. The molecule has 0 spiro atoms. The van der Waals surface area contributed by atoms with Gasteiger partial charge in [-0.15, -0.1) is 0 Å². The summed E-state index contributed by atoms with van der Waals surface area (Å²) in [5.74, 6) is -0.768. The molecular formula is C10H20Ac3O6. The van der Waals surface area contributed by atoms with E-state index in [0.29, 0.717) is 0 Å². The first-order valence-corrected chi connectivity index (χ1v) is 5.26. The predicted octanol–water partition coefficient (Wildman–Crippen LogP) is -0.944. The van der Waals surface area contributed by atoms with Gasteiger partial charge in [-0.05, 0) is 6.92 Å². The van der Waals surface area contributed by atoms with E-state index in [1.165, 1.54) is 6.92 Å². The van der Waals surface area contributed by atoms with Crippen molar-refractivity contribution in [3.8, 4) is 0 Å². The van der Waals surface area contributed by atoms with E-state index in [9.17, 15) is 20.1 Å². The van der Waals surface area contributed by atoms with Gasteiger partial charge in [-0.2, -0.15) is 0 Å². The molecular weight excluding hydrogens is 897 g/mol. The van der Waals surface area contributed by atoms with Crippen LogP contribution in [0.3, 0.4) is 0 Å². The number of esters is 1. The number of rotatable bonds is 1. The fraction of sp³-hybridized carbons (Fsp3) is 0.900. The second kappa shape index (κ2) is 16.5. The molecule has 1 heterocycles. The number of aliphatic hydroxyl groups is 3. The molecule has 9 heteroatoms. The molecule has 0 bridgehead atoms.